The molecule has 5 heteroatoms. The molecule has 3 aliphatic rings. The van der Waals surface area contributed by atoms with Gasteiger partial charge in [-0.05, 0) is 94.8 Å². The summed E-state index contributed by atoms with van der Waals surface area (Å²) in [5.41, 5.74) is 0. The maximum Gasteiger partial charge on any atom is 0.309 e. The third-order valence-electron chi connectivity index (χ3n) is 7.38. The molecule has 0 aromatic heterocycles. The van der Waals surface area contributed by atoms with Crippen molar-refractivity contribution < 1.29 is 20.5 Å². The zero-order valence-corrected chi connectivity index (χ0v) is 16.9. The fraction of sp³-hybridized carbons (Fsp3) is 0.909. The van der Waals surface area contributed by atoms with Gasteiger partial charge in [0.25, 0.3) is 0 Å². The summed E-state index contributed by atoms with van der Waals surface area (Å²) < 4.78 is 5.89. The Kier molecular flexibility index (Phi) is 10.3. The molecule has 156 valence electrons. The largest absolute Gasteiger partial charge is 0.462 e. The van der Waals surface area contributed by atoms with Crippen LogP contribution in [0.5, 0.6) is 0 Å². The summed E-state index contributed by atoms with van der Waals surface area (Å²) in [4.78, 5) is 12.5. The van der Waals surface area contributed by atoms with E-state index in [1.54, 1.807) is 0 Å². The van der Waals surface area contributed by atoms with Crippen LogP contribution >= 0.6 is 0 Å². The zero-order valence-electron chi connectivity index (χ0n) is 16.9. The molecule has 3 rings (SSSR count). The van der Waals surface area contributed by atoms with Gasteiger partial charge in [0.1, 0.15) is 6.10 Å². The number of hydrogen-bond acceptors (Lipinski definition) is 3. The predicted molar refractivity (Wildman–Crippen MR) is 106 cm³/mol. The summed E-state index contributed by atoms with van der Waals surface area (Å²) in [7, 11) is 0. The highest BCUT2D eigenvalue weighted by Crippen LogP contribution is 2.40. The quantitative estimate of drug-likeness (QED) is 0.686. The monoisotopic (exact) mass is 381 g/mol. The van der Waals surface area contributed by atoms with Gasteiger partial charge in [0.15, 0.2) is 0 Å². The summed E-state index contributed by atoms with van der Waals surface area (Å²) in [5, 5.41) is 9.04. The van der Waals surface area contributed by atoms with Crippen LogP contribution in [0, 0.1) is 40.9 Å². The minimum Gasteiger partial charge on any atom is -0.462 e. The Bertz CT molecular complexity index is 465. The first-order chi connectivity index (χ1) is 12.2. The van der Waals surface area contributed by atoms with E-state index in [1.807, 2.05) is 0 Å². The van der Waals surface area contributed by atoms with Crippen LogP contribution < -0.4 is 0 Å². The fourth-order valence-electron chi connectivity index (χ4n) is 5.46. The first-order valence-corrected chi connectivity index (χ1v) is 10.8. The molecule has 0 radical (unpaired) electrons. The number of rotatable bonds is 4. The standard InChI is InChI=1S/C22H35NO2.2H2O/c1-2-16-3-9-20(10-4-16)22(24)25-21-13-11-19(12-14-21)18-7-5-17(15-23)6-8-18;;/h16-21H,2-14H2,1H3;2*1H2. The van der Waals surface area contributed by atoms with Crippen LogP contribution in [-0.2, 0) is 9.53 Å². The van der Waals surface area contributed by atoms with E-state index in [0.717, 1.165) is 56.3 Å². The number of nitrogens with zero attached hydrogens (tertiary/aromatic N) is 1. The zero-order chi connectivity index (χ0) is 17.6. The second kappa shape index (κ2) is 11.7. The Morgan fingerprint density at radius 2 is 1.37 bits per heavy atom. The van der Waals surface area contributed by atoms with Crippen molar-refractivity contribution in [1.29, 1.82) is 5.26 Å². The van der Waals surface area contributed by atoms with Gasteiger partial charge in [-0.1, -0.05) is 13.3 Å². The lowest BCUT2D eigenvalue weighted by molar-refractivity contribution is -0.157. The van der Waals surface area contributed by atoms with Crippen LogP contribution in [0.25, 0.3) is 0 Å². The second-order valence-electron chi connectivity index (χ2n) is 8.84. The van der Waals surface area contributed by atoms with E-state index >= 15 is 0 Å². The highest BCUT2D eigenvalue weighted by Gasteiger charge is 2.33. The normalized spacial score (nSPS) is 36.4. The van der Waals surface area contributed by atoms with E-state index in [4.69, 9.17) is 10.00 Å². The molecule has 0 aromatic rings. The average molecular weight is 382 g/mol. The lowest BCUT2D eigenvalue weighted by atomic mass is 9.71. The van der Waals surface area contributed by atoms with Crippen LogP contribution in [-0.4, -0.2) is 23.0 Å². The number of esters is 1. The van der Waals surface area contributed by atoms with Crippen LogP contribution in [0.3, 0.4) is 0 Å². The van der Waals surface area contributed by atoms with Crippen LogP contribution in [0.15, 0.2) is 0 Å². The summed E-state index contributed by atoms with van der Waals surface area (Å²) in [6, 6.07) is 2.44. The SMILES string of the molecule is CCC1CCC(C(=O)OC2CCC(C3CCC(C#N)CC3)CC2)CC1.O.O. The third kappa shape index (κ3) is 6.47. The van der Waals surface area contributed by atoms with E-state index in [2.05, 4.69) is 13.0 Å². The van der Waals surface area contributed by atoms with Crippen LogP contribution in [0.2, 0.25) is 0 Å². The fourth-order valence-corrected chi connectivity index (χ4v) is 5.46. The van der Waals surface area contributed by atoms with Gasteiger partial charge >= 0.3 is 5.97 Å². The Morgan fingerprint density at radius 1 is 0.852 bits per heavy atom. The van der Waals surface area contributed by atoms with Crippen molar-refractivity contribution in [2.75, 3.05) is 0 Å². The number of ether oxygens (including phenoxy) is 1. The molecule has 0 saturated heterocycles. The maximum atomic E-state index is 12.5. The number of carbonyl (C=O) groups excluding carboxylic acids is 1. The summed E-state index contributed by atoms with van der Waals surface area (Å²) >= 11 is 0. The lowest BCUT2D eigenvalue weighted by Gasteiger charge is -2.37. The molecule has 0 aromatic carbocycles. The van der Waals surface area contributed by atoms with E-state index in [9.17, 15) is 4.79 Å². The van der Waals surface area contributed by atoms with Crippen molar-refractivity contribution in [2.45, 2.75) is 96.5 Å². The molecular formula is C22H39NO4. The molecule has 3 saturated carbocycles. The molecule has 3 fully saturated rings. The van der Waals surface area contributed by atoms with Gasteiger partial charge in [-0.15, -0.1) is 0 Å². The Balaban J connectivity index is 0.00000182. The topological polar surface area (TPSA) is 113 Å². The Morgan fingerprint density at radius 3 is 1.85 bits per heavy atom. The van der Waals surface area contributed by atoms with E-state index in [0.29, 0.717) is 5.92 Å². The molecule has 27 heavy (non-hydrogen) atoms. The third-order valence-corrected chi connectivity index (χ3v) is 7.38. The summed E-state index contributed by atoms with van der Waals surface area (Å²) in [5.74, 6) is 3.00. The van der Waals surface area contributed by atoms with E-state index in [-0.39, 0.29) is 28.9 Å². The number of nitriles is 1. The Labute approximate surface area is 164 Å². The number of hydrogen-bond donors (Lipinski definition) is 0. The van der Waals surface area contributed by atoms with Crippen molar-refractivity contribution in [2.24, 2.45) is 29.6 Å². The van der Waals surface area contributed by atoms with Crippen LogP contribution in [0.4, 0.5) is 0 Å². The smallest absolute Gasteiger partial charge is 0.309 e. The van der Waals surface area contributed by atoms with Crippen molar-refractivity contribution in [3.63, 3.8) is 0 Å². The molecule has 0 atom stereocenters. The highest BCUT2D eigenvalue weighted by atomic mass is 16.5. The van der Waals surface area contributed by atoms with Crippen molar-refractivity contribution >= 4 is 5.97 Å². The molecule has 5 nitrogen and oxygen atoms in total. The van der Waals surface area contributed by atoms with Crippen molar-refractivity contribution in [3.8, 4) is 6.07 Å². The molecule has 0 amide bonds. The molecule has 0 bridgehead atoms. The van der Waals surface area contributed by atoms with Gasteiger partial charge in [0, 0.05) is 5.92 Å². The first kappa shape index (κ1) is 23.9. The second-order valence-corrected chi connectivity index (χ2v) is 8.84. The molecule has 0 heterocycles. The molecule has 4 N–H and O–H groups in total. The molecule has 3 aliphatic carbocycles. The molecule has 0 aliphatic heterocycles. The maximum absolute atomic E-state index is 12.5. The molecule has 0 unspecified atom stereocenters. The average Bonchev–Trinajstić information content (AvgIpc) is 2.68. The van der Waals surface area contributed by atoms with E-state index < -0.39 is 0 Å². The lowest BCUT2D eigenvalue weighted by Crippen LogP contribution is -2.32. The predicted octanol–water partition coefficient (Wildman–Crippen LogP) is 3.99. The number of carbonyl (C=O) groups is 1. The van der Waals surface area contributed by atoms with Gasteiger partial charge in [-0.3, -0.25) is 4.79 Å². The summed E-state index contributed by atoms with van der Waals surface area (Å²) in [6.07, 6.45) is 15.1. The van der Waals surface area contributed by atoms with Gasteiger partial charge in [-0.2, -0.15) is 5.26 Å². The first-order valence-electron chi connectivity index (χ1n) is 10.8. The van der Waals surface area contributed by atoms with Crippen LogP contribution in [0.1, 0.15) is 90.4 Å². The van der Waals surface area contributed by atoms with Gasteiger partial charge in [0.05, 0.1) is 12.0 Å². The van der Waals surface area contributed by atoms with Gasteiger partial charge < -0.3 is 15.7 Å². The van der Waals surface area contributed by atoms with E-state index in [1.165, 1.54) is 44.9 Å². The minimum atomic E-state index is 0. The minimum absolute atomic E-state index is 0. The molecular weight excluding hydrogens is 342 g/mol. The Hall–Kier alpha value is -1.12. The highest BCUT2D eigenvalue weighted by molar-refractivity contribution is 5.72. The van der Waals surface area contributed by atoms with Crippen molar-refractivity contribution in [3.05, 3.63) is 0 Å². The van der Waals surface area contributed by atoms with Gasteiger partial charge in [-0.25, -0.2) is 0 Å². The van der Waals surface area contributed by atoms with Crippen molar-refractivity contribution in [1.82, 2.24) is 0 Å². The summed E-state index contributed by atoms with van der Waals surface area (Å²) in [6.45, 7) is 2.26. The van der Waals surface area contributed by atoms with Gasteiger partial charge in [0.2, 0.25) is 0 Å². The molecule has 0 spiro atoms.